The average Bonchev–Trinajstić information content (AvgIpc) is 3.05. The van der Waals surface area contributed by atoms with Crippen LogP contribution in [-0.4, -0.2) is 5.78 Å². The topological polar surface area (TPSA) is 26.3 Å². The Morgan fingerprint density at radius 3 is 1.94 bits per heavy atom. The van der Waals surface area contributed by atoms with Gasteiger partial charge < -0.3 is 4.74 Å². The number of fused-ring (bicyclic) bond motifs is 2. The molecule has 2 aromatic carbocycles. The molecular formula is C33H44O2. The molecule has 2 aliphatic carbocycles. The summed E-state index contributed by atoms with van der Waals surface area (Å²) in [4.78, 5) is 13.2. The van der Waals surface area contributed by atoms with Crippen molar-refractivity contribution in [2.45, 2.75) is 99.5 Å². The van der Waals surface area contributed by atoms with Crippen molar-refractivity contribution in [2.75, 3.05) is 0 Å². The molecule has 0 spiro atoms. The second-order valence-corrected chi connectivity index (χ2v) is 13.8. The second-order valence-electron chi connectivity index (χ2n) is 13.8. The van der Waals surface area contributed by atoms with Gasteiger partial charge in [0.1, 0.15) is 12.4 Å². The molecule has 2 nitrogen and oxygen atoms in total. The third-order valence-corrected chi connectivity index (χ3v) is 8.90. The number of benzene rings is 2. The zero-order chi connectivity index (χ0) is 26.0. The van der Waals surface area contributed by atoms with Crippen LogP contribution in [0.5, 0.6) is 5.75 Å². The number of allylic oxidation sites excluding steroid dienone is 1. The van der Waals surface area contributed by atoms with Gasteiger partial charge in [0.25, 0.3) is 0 Å². The number of carbonyl (C=O) groups excluding carboxylic acids is 1. The fourth-order valence-corrected chi connectivity index (χ4v) is 6.18. The molecule has 0 heterocycles. The highest BCUT2D eigenvalue weighted by atomic mass is 16.5. The first-order valence-electron chi connectivity index (χ1n) is 13.2. The molecule has 0 saturated heterocycles. The summed E-state index contributed by atoms with van der Waals surface area (Å²) in [7, 11) is 0. The van der Waals surface area contributed by atoms with Gasteiger partial charge in [-0.3, -0.25) is 4.79 Å². The molecule has 2 aromatic rings. The minimum Gasteiger partial charge on any atom is -0.488 e. The Balaban J connectivity index is 1.58. The number of aryl methyl sites for hydroxylation is 1. The van der Waals surface area contributed by atoms with Gasteiger partial charge in [0.2, 0.25) is 0 Å². The van der Waals surface area contributed by atoms with E-state index in [1.807, 2.05) is 0 Å². The predicted molar refractivity (Wildman–Crippen MR) is 147 cm³/mol. The van der Waals surface area contributed by atoms with Gasteiger partial charge in [0.15, 0.2) is 5.78 Å². The van der Waals surface area contributed by atoms with E-state index in [1.54, 1.807) is 0 Å². The van der Waals surface area contributed by atoms with Gasteiger partial charge >= 0.3 is 0 Å². The zero-order valence-electron chi connectivity index (χ0n) is 23.6. The summed E-state index contributed by atoms with van der Waals surface area (Å²) in [5, 5.41) is 0. The minimum absolute atomic E-state index is 0.00495. The molecule has 0 aliphatic heterocycles. The van der Waals surface area contributed by atoms with Crippen LogP contribution in [0.15, 0.2) is 42.0 Å². The molecular weight excluding hydrogens is 428 g/mol. The maximum atomic E-state index is 13.2. The van der Waals surface area contributed by atoms with Gasteiger partial charge in [-0.05, 0) is 64.7 Å². The number of ketones is 1. The van der Waals surface area contributed by atoms with Gasteiger partial charge in [0.05, 0.1) is 0 Å². The van der Waals surface area contributed by atoms with E-state index in [0.717, 1.165) is 35.3 Å². The van der Waals surface area contributed by atoms with Crippen molar-refractivity contribution in [3.63, 3.8) is 0 Å². The molecule has 188 valence electrons. The largest absolute Gasteiger partial charge is 0.488 e. The van der Waals surface area contributed by atoms with Crippen molar-refractivity contribution >= 4 is 11.9 Å². The second kappa shape index (κ2) is 8.36. The number of hydrogen-bond acceptors (Lipinski definition) is 2. The summed E-state index contributed by atoms with van der Waals surface area (Å²) in [6, 6.07) is 13.1. The van der Waals surface area contributed by atoms with Crippen LogP contribution in [-0.2, 0) is 22.2 Å². The summed E-state index contributed by atoms with van der Waals surface area (Å²) in [6.07, 6.45) is 4.28. The van der Waals surface area contributed by atoms with Crippen molar-refractivity contribution in [3.05, 3.63) is 69.8 Å². The Morgan fingerprint density at radius 2 is 1.49 bits per heavy atom. The van der Waals surface area contributed by atoms with E-state index in [-0.39, 0.29) is 21.7 Å². The van der Waals surface area contributed by atoms with E-state index in [4.69, 9.17) is 4.74 Å². The molecule has 0 amide bonds. The molecule has 2 atom stereocenters. The first kappa shape index (κ1) is 25.7. The molecule has 0 aromatic heterocycles. The van der Waals surface area contributed by atoms with Gasteiger partial charge in [-0.2, -0.15) is 0 Å². The van der Waals surface area contributed by atoms with Gasteiger partial charge in [-0.1, -0.05) is 104 Å². The Kier molecular flexibility index (Phi) is 6.14. The van der Waals surface area contributed by atoms with Crippen LogP contribution in [0.1, 0.15) is 103 Å². The van der Waals surface area contributed by atoms with Crippen molar-refractivity contribution in [1.29, 1.82) is 0 Å². The van der Waals surface area contributed by atoms with Crippen molar-refractivity contribution in [1.82, 2.24) is 0 Å². The van der Waals surface area contributed by atoms with E-state index in [2.05, 4.69) is 112 Å². The van der Waals surface area contributed by atoms with E-state index in [9.17, 15) is 4.79 Å². The van der Waals surface area contributed by atoms with Crippen molar-refractivity contribution in [2.24, 2.45) is 16.7 Å². The van der Waals surface area contributed by atoms with Crippen LogP contribution >= 0.6 is 0 Å². The van der Waals surface area contributed by atoms with Gasteiger partial charge in [-0.25, -0.2) is 0 Å². The third kappa shape index (κ3) is 4.39. The highest BCUT2D eigenvalue weighted by molar-refractivity contribution is 6.07. The fourth-order valence-electron chi connectivity index (χ4n) is 6.18. The molecule has 2 aliphatic rings. The van der Waals surface area contributed by atoms with Gasteiger partial charge in [-0.15, -0.1) is 0 Å². The Hall–Kier alpha value is -2.35. The third-order valence-electron chi connectivity index (χ3n) is 8.90. The average molecular weight is 473 g/mol. The molecule has 4 rings (SSSR count). The first-order chi connectivity index (χ1) is 16.1. The summed E-state index contributed by atoms with van der Waals surface area (Å²) in [6.45, 7) is 22.9. The molecule has 2 saturated carbocycles. The van der Waals surface area contributed by atoms with Crippen LogP contribution in [0.3, 0.4) is 0 Å². The zero-order valence-corrected chi connectivity index (χ0v) is 23.6. The van der Waals surface area contributed by atoms with Crippen molar-refractivity contribution in [3.8, 4) is 5.75 Å². The number of hydrogen-bond donors (Lipinski definition) is 0. The standard InChI is InChI=1S/C33H44O2/c1-21-17-26(30(2,3)4)28(27(18-21)31(5,6)7)35-20-23-13-11-22(12-14-23)19-24-25-15-16-33(10,29(24)34)32(25,8)9/h11-14,17-19,25H,15-16,20H2,1-10H3/b24-19-. The predicted octanol–water partition coefficient (Wildman–Crippen LogP) is 8.58. The number of Topliss-reactive ketones (excluding diaryl/α,β-unsaturated/α-hetero) is 1. The summed E-state index contributed by atoms with van der Waals surface area (Å²) < 4.78 is 6.56. The lowest BCUT2D eigenvalue weighted by atomic mass is 9.70. The quantitative estimate of drug-likeness (QED) is 0.417. The molecule has 2 heteroatoms. The normalized spacial score (nSPS) is 24.9. The van der Waals surface area contributed by atoms with Crippen molar-refractivity contribution < 1.29 is 9.53 Å². The van der Waals surface area contributed by atoms with Crippen LogP contribution in [0, 0.1) is 23.7 Å². The first-order valence-corrected chi connectivity index (χ1v) is 13.2. The lowest BCUT2D eigenvalue weighted by Gasteiger charge is -2.31. The van der Waals surface area contributed by atoms with E-state index in [1.165, 1.54) is 16.7 Å². The molecule has 2 bridgehead atoms. The lowest BCUT2D eigenvalue weighted by molar-refractivity contribution is -0.125. The number of ether oxygens (including phenoxy) is 1. The maximum absolute atomic E-state index is 13.2. The maximum Gasteiger partial charge on any atom is 0.165 e. The Labute approximate surface area is 213 Å². The lowest BCUT2D eigenvalue weighted by Crippen LogP contribution is -2.32. The number of carbonyl (C=O) groups is 1. The highest BCUT2D eigenvalue weighted by Crippen LogP contribution is 2.65. The molecule has 35 heavy (non-hydrogen) atoms. The van der Waals surface area contributed by atoms with E-state index >= 15 is 0 Å². The van der Waals surface area contributed by atoms with E-state index in [0.29, 0.717) is 18.3 Å². The van der Waals surface area contributed by atoms with Crippen LogP contribution < -0.4 is 4.74 Å². The van der Waals surface area contributed by atoms with Crippen LogP contribution in [0.25, 0.3) is 6.08 Å². The summed E-state index contributed by atoms with van der Waals surface area (Å²) in [5.41, 5.74) is 6.89. The minimum atomic E-state index is -0.207. The van der Waals surface area contributed by atoms with E-state index < -0.39 is 0 Å². The monoisotopic (exact) mass is 472 g/mol. The molecule has 2 fully saturated rings. The van der Waals surface area contributed by atoms with Gasteiger partial charge in [0, 0.05) is 16.5 Å². The Morgan fingerprint density at radius 1 is 0.943 bits per heavy atom. The Bertz CT molecular complexity index is 1130. The molecule has 2 unspecified atom stereocenters. The van der Waals surface area contributed by atoms with Crippen LogP contribution in [0.2, 0.25) is 0 Å². The summed E-state index contributed by atoms with van der Waals surface area (Å²) in [5.74, 6) is 1.75. The summed E-state index contributed by atoms with van der Waals surface area (Å²) >= 11 is 0. The fraction of sp³-hybridized carbons (Fsp3) is 0.545. The molecule has 0 N–H and O–H groups in total. The molecule has 0 radical (unpaired) electrons. The SMILES string of the molecule is Cc1cc(C(C)(C)C)c(OCc2ccc(/C=C3\C(=O)C4(C)CCC3C4(C)C)cc2)c(C(C)(C)C)c1. The van der Waals surface area contributed by atoms with Crippen LogP contribution in [0.4, 0.5) is 0 Å². The number of rotatable bonds is 4. The smallest absolute Gasteiger partial charge is 0.165 e. The highest BCUT2D eigenvalue weighted by Gasteiger charge is 2.63.